The summed E-state index contributed by atoms with van der Waals surface area (Å²) in [6, 6.07) is 11.6. The third-order valence-electron chi connectivity index (χ3n) is 5.47. The van der Waals surface area contributed by atoms with Crippen molar-refractivity contribution >= 4 is 32.9 Å². The molecule has 6 nitrogen and oxygen atoms in total. The van der Waals surface area contributed by atoms with Crippen LogP contribution in [0.2, 0.25) is 0 Å². The molecule has 29 heavy (non-hydrogen) atoms. The van der Waals surface area contributed by atoms with Crippen LogP contribution in [0.15, 0.2) is 53.4 Å². The molecule has 4 rings (SSSR count). The molecule has 2 aromatic carbocycles. The first-order valence-corrected chi connectivity index (χ1v) is 11.3. The molecule has 152 valence electrons. The Bertz CT molecular complexity index is 1070. The maximum Gasteiger partial charge on any atom is 0.265 e. The average Bonchev–Trinajstić information content (AvgIpc) is 3.03. The monoisotopic (exact) mass is 412 g/mol. The predicted molar refractivity (Wildman–Crippen MR) is 113 cm³/mol. The van der Waals surface area contributed by atoms with Crippen LogP contribution >= 0.6 is 0 Å². The number of fused-ring (bicyclic) bond motifs is 1. The number of amides is 1. The number of allylic oxidation sites excluding steroid dienone is 1. The number of sulfonamides is 1. The van der Waals surface area contributed by atoms with Gasteiger partial charge in [0.25, 0.3) is 15.9 Å². The van der Waals surface area contributed by atoms with Gasteiger partial charge in [0.15, 0.2) is 0 Å². The summed E-state index contributed by atoms with van der Waals surface area (Å²) in [6.45, 7) is 0. The molecule has 2 N–H and O–H groups in total. The number of hydrogen-bond acceptors (Lipinski definition) is 4. The number of nitrogens with one attached hydrogen (secondary N) is 2. The molecular formula is C22H24N2O4S. The largest absolute Gasteiger partial charge is 0.495 e. The van der Waals surface area contributed by atoms with E-state index in [4.69, 9.17) is 4.74 Å². The van der Waals surface area contributed by atoms with Crippen LogP contribution in [0.25, 0.3) is 5.57 Å². The summed E-state index contributed by atoms with van der Waals surface area (Å²) in [5.74, 6) is 0.538. The van der Waals surface area contributed by atoms with Crippen LogP contribution < -0.4 is 14.8 Å². The summed E-state index contributed by atoms with van der Waals surface area (Å²) in [5.41, 5.74) is 2.48. The van der Waals surface area contributed by atoms with Gasteiger partial charge in [0.1, 0.15) is 10.6 Å². The zero-order chi connectivity index (χ0) is 20.4. The molecule has 1 aliphatic carbocycles. The zero-order valence-electron chi connectivity index (χ0n) is 16.3. The van der Waals surface area contributed by atoms with E-state index >= 15 is 0 Å². The molecule has 0 atom stereocenters. The van der Waals surface area contributed by atoms with Gasteiger partial charge in [0, 0.05) is 22.5 Å². The first-order valence-electron chi connectivity index (χ1n) is 9.81. The van der Waals surface area contributed by atoms with Crippen LogP contribution in [0.5, 0.6) is 5.75 Å². The molecule has 0 bridgehead atoms. The molecule has 7 heteroatoms. The highest BCUT2D eigenvalue weighted by Crippen LogP contribution is 2.37. The second-order valence-electron chi connectivity index (χ2n) is 7.45. The van der Waals surface area contributed by atoms with E-state index in [0.717, 1.165) is 18.4 Å². The molecule has 0 unspecified atom stereocenters. The van der Waals surface area contributed by atoms with Crippen molar-refractivity contribution in [2.75, 3.05) is 17.1 Å². The number of hydrogen-bond donors (Lipinski definition) is 2. The lowest BCUT2D eigenvalue weighted by molar-refractivity contribution is -0.110. The highest BCUT2D eigenvalue weighted by molar-refractivity contribution is 7.92. The Balaban J connectivity index is 1.64. The predicted octanol–water partition coefficient (Wildman–Crippen LogP) is 4.41. The maximum atomic E-state index is 12.9. The van der Waals surface area contributed by atoms with Crippen molar-refractivity contribution in [3.8, 4) is 5.75 Å². The summed E-state index contributed by atoms with van der Waals surface area (Å²) in [7, 11) is -2.40. The number of anilines is 2. The van der Waals surface area contributed by atoms with Gasteiger partial charge >= 0.3 is 0 Å². The molecule has 1 saturated carbocycles. The van der Waals surface area contributed by atoms with Gasteiger partial charge in [-0.05, 0) is 49.1 Å². The lowest BCUT2D eigenvalue weighted by Gasteiger charge is -2.18. The first-order chi connectivity index (χ1) is 14.0. The van der Waals surface area contributed by atoms with Crippen LogP contribution in [-0.4, -0.2) is 21.4 Å². The SMILES string of the molecule is COc1ccccc1S(=O)(=O)Nc1ccc2c(c1)/C(=C/C1CCCCC1)C(=O)N2. The summed E-state index contributed by atoms with van der Waals surface area (Å²) in [6.07, 6.45) is 7.85. The lowest BCUT2D eigenvalue weighted by atomic mass is 9.87. The Morgan fingerprint density at radius 3 is 2.62 bits per heavy atom. The van der Waals surface area contributed by atoms with Gasteiger partial charge < -0.3 is 10.1 Å². The number of ether oxygens (including phenoxy) is 1. The number of methoxy groups -OCH3 is 1. The van der Waals surface area contributed by atoms with Crippen LogP contribution in [0.4, 0.5) is 11.4 Å². The van der Waals surface area contributed by atoms with Crippen molar-refractivity contribution in [2.24, 2.45) is 5.92 Å². The topological polar surface area (TPSA) is 84.5 Å². The fourth-order valence-corrected chi connectivity index (χ4v) is 5.23. The Morgan fingerprint density at radius 2 is 1.86 bits per heavy atom. The van der Waals surface area contributed by atoms with Gasteiger partial charge in [-0.2, -0.15) is 0 Å². The van der Waals surface area contributed by atoms with E-state index in [9.17, 15) is 13.2 Å². The molecule has 2 aliphatic rings. The third-order valence-corrected chi connectivity index (χ3v) is 6.89. The van der Waals surface area contributed by atoms with E-state index < -0.39 is 10.0 Å². The van der Waals surface area contributed by atoms with Gasteiger partial charge in [-0.15, -0.1) is 0 Å². The van der Waals surface area contributed by atoms with Crippen LogP contribution in [-0.2, 0) is 14.8 Å². The number of carbonyl (C=O) groups excluding carboxylic acids is 1. The fourth-order valence-electron chi connectivity index (χ4n) is 4.00. The molecule has 0 saturated heterocycles. The molecule has 2 aromatic rings. The zero-order valence-corrected chi connectivity index (χ0v) is 17.1. The van der Waals surface area contributed by atoms with Crippen molar-refractivity contribution in [3.63, 3.8) is 0 Å². The first kappa shape index (κ1) is 19.5. The van der Waals surface area contributed by atoms with E-state index in [1.165, 1.54) is 32.4 Å². The normalized spacial score (nSPS) is 18.4. The van der Waals surface area contributed by atoms with Crippen molar-refractivity contribution in [3.05, 3.63) is 54.1 Å². The number of rotatable bonds is 5. The summed E-state index contributed by atoms with van der Waals surface area (Å²) < 4.78 is 33.5. The maximum absolute atomic E-state index is 12.9. The van der Waals surface area contributed by atoms with Crippen molar-refractivity contribution in [1.29, 1.82) is 0 Å². The molecule has 1 heterocycles. The smallest absolute Gasteiger partial charge is 0.265 e. The van der Waals surface area contributed by atoms with Gasteiger partial charge in [0.2, 0.25) is 0 Å². The molecule has 0 aromatic heterocycles. The summed E-state index contributed by atoms with van der Waals surface area (Å²) in [4.78, 5) is 12.5. The van der Waals surface area contributed by atoms with Gasteiger partial charge in [-0.1, -0.05) is 37.5 Å². The number of para-hydroxylation sites is 1. The van der Waals surface area contributed by atoms with E-state index in [2.05, 4.69) is 16.1 Å². The molecule has 1 fully saturated rings. The van der Waals surface area contributed by atoms with Crippen LogP contribution in [0, 0.1) is 5.92 Å². The van der Waals surface area contributed by atoms with Crippen molar-refractivity contribution in [1.82, 2.24) is 0 Å². The van der Waals surface area contributed by atoms with Gasteiger partial charge in [0.05, 0.1) is 7.11 Å². The van der Waals surface area contributed by atoms with E-state index in [1.807, 2.05) is 0 Å². The Hall–Kier alpha value is -2.80. The highest BCUT2D eigenvalue weighted by Gasteiger charge is 2.27. The quantitative estimate of drug-likeness (QED) is 0.713. The second-order valence-corrected chi connectivity index (χ2v) is 9.10. The number of carbonyl (C=O) groups is 1. The lowest BCUT2D eigenvalue weighted by Crippen LogP contribution is -2.14. The molecule has 1 aliphatic heterocycles. The fraction of sp³-hybridized carbons (Fsp3) is 0.318. The summed E-state index contributed by atoms with van der Waals surface area (Å²) in [5, 5.41) is 2.87. The molecular weight excluding hydrogens is 388 g/mol. The second kappa shape index (κ2) is 7.91. The van der Waals surface area contributed by atoms with Crippen LogP contribution in [0.1, 0.15) is 37.7 Å². The number of benzene rings is 2. The minimum Gasteiger partial charge on any atom is -0.495 e. The van der Waals surface area contributed by atoms with E-state index in [1.54, 1.807) is 36.4 Å². The summed E-state index contributed by atoms with van der Waals surface area (Å²) >= 11 is 0. The molecule has 0 spiro atoms. The Kier molecular flexibility index (Phi) is 5.32. The minimum atomic E-state index is -3.83. The van der Waals surface area contributed by atoms with Crippen molar-refractivity contribution in [2.45, 2.75) is 37.0 Å². The molecule has 1 amide bonds. The van der Waals surface area contributed by atoms with E-state index in [0.29, 0.717) is 22.9 Å². The van der Waals surface area contributed by atoms with Crippen LogP contribution in [0.3, 0.4) is 0 Å². The Morgan fingerprint density at radius 1 is 1.10 bits per heavy atom. The average molecular weight is 413 g/mol. The van der Waals surface area contributed by atoms with Crippen molar-refractivity contribution < 1.29 is 17.9 Å². The molecule has 0 radical (unpaired) electrons. The standard InChI is InChI=1S/C22H24N2O4S/c1-28-20-9-5-6-10-21(20)29(26,27)24-16-11-12-19-17(14-16)18(22(25)23-19)13-15-7-3-2-4-8-15/h5-6,9-15,24H,2-4,7-8H2,1H3,(H,23,25)/b18-13-. The van der Waals surface area contributed by atoms with Gasteiger partial charge in [-0.25, -0.2) is 8.42 Å². The minimum absolute atomic E-state index is 0.0650. The van der Waals surface area contributed by atoms with Gasteiger partial charge in [-0.3, -0.25) is 9.52 Å². The third kappa shape index (κ3) is 4.00. The Labute approximate surface area is 171 Å². The highest BCUT2D eigenvalue weighted by atomic mass is 32.2. The van der Waals surface area contributed by atoms with E-state index in [-0.39, 0.29) is 16.6 Å².